The fourth-order valence-corrected chi connectivity index (χ4v) is 10.9. The number of aliphatic carboxylic acids is 6. The Kier molecular flexibility index (Phi) is 30.2. The van der Waals surface area contributed by atoms with Crippen LogP contribution in [0.5, 0.6) is 28.7 Å². The number of benzene rings is 3. The number of carboxylic acids is 6. The first-order valence-corrected chi connectivity index (χ1v) is 30.2. The van der Waals surface area contributed by atoms with Gasteiger partial charge in [-0.2, -0.15) is 0 Å². The van der Waals surface area contributed by atoms with Crippen molar-refractivity contribution in [3.8, 4) is 28.7 Å². The van der Waals surface area contributed by atoms with Gasteiger partial charge in [-0.15, -0.1) is 0 Å². The van der Waals surface area contributed by atoms with Crippen molar-refractivity contribution in [2.75, 3.05) is 34.0 Å². The van der Waals surface area contributed by atoms with Crippen LogP contribution in [0, 0.1) is 16.2 Å². The zero-order valence-electron chi connectivity index (χ0n) is 50.2. The molecule has 3 aliphatic carbocycles. The summed E-state index contributed by atoms with van der Waals surface area (Å²) in [5.41, 5.74) is -1.99. The van der Waals surface area contributed by atoms with Crippen molar-refractivity contribution in [2.45, 2.75) is 206 Å². The van der Waals surface area contributed by atoms with Gasteiger partial charge in [0, 0.05) is 37.8 Å². The van der Waals surface area contributed by atoms with Crippen LogP contribution in [0.15, 0.2) is 60.7 Å². The smallest absolute Gasteiger partial charge is 0.321 e. The molecule has 0 spiro atoms. The normalized spacial score (nSPS) is 18.0. The molecule has 0 saturated heterocycles. The van der Waals surface area contributed by atoms with Gasteiger partial charge in [-0.05, 0) is 130 Å². The molecule has 0 radical (unpaired) electrons. The van der Waals surface area contributed by atoms with Crippen molar-refractivity contribution >= 4 is 35.8 Å². The molecule has 3 saturated carbocycles. The first-order valence-electron chi connectivity index (χ1n) is 30.2. The Morgan fingerprint density at radius 3 is 1.05 bits per heavy atom. The summed E-state index contributed by atoms with van der Waals surface area (Å²) in [6.45, 7) is 10.2. The number of rotatable bonds is 37. The zero-order chi connectivity index (χ0) is 61.5. The summed E-state index contributed by atoms with van der Waals surface area (Å²) >= 11 is 0. The van der Waals surface area contributed by atoms with Gasteiger partial charge in [-0.3, -0.25) is 28.8 Å². The summed E-state index contributed by atoms with van der Waals surface area (Å²) in [4.78, 5) is 68.4. The first-order chi connectivity index (χ1) is 40.3. The molecule has 84 heavy (non-hydrogen) atoms. The van der Waals surface area contributed by atoms with Gasteiger partial charge >= 0.3 is 35.8 Å². The fourth-order valence-electron chi connectivity index (χ4n) is 10.9. The van der Waals surface area contributed by atoms with Crippen LogP contribution in [0.25, 0.3) is 0 Å². The highest BCUT2D eigenvalue weighted by Gasteiger charge is 2.54. The molecule has 0 aliphatic heterocycles. The van der Waals surface area contributed by atoms with Crippen molar-refractivity contribution in [1.29, 1.82) is 0 Å². The summed E-state index contributed by atoms with van der Waals surface area (Å²) in [5, 5.41) is 65.7. The molecular weight excluding hydrogens is 1080 g/mol. The SMILES string of the molecule is CCCCCCCCOc1ccc(CNC2CCC(C(=O)O)(C(=O)O)C2)cc1.CCCCCCCCOc1ccc(CNC2CCC(C(=O)O)(C(=O)O)C2)cc1OC.CCCCOc1ccc(CNC2CCC(C(=O)O)(C(=O)O)C2)cc1OC. The summed E-state index contributed by atoms with van der Waals surface area (Å²) in [7, 11) is 3.19. The van der Waals surface area contributed by atoms with Crippen molar-refractivity contribution in [3.05, 3.63) is 77.4 Å². The van der Waals surface area contributed by atoms with E-state index >= 15 is 0 Å². The van der Waals surface area contributed by atoms with E-state index in [0.29, 0.717) is 75.1 Å². The third-order valence-electron chi connectivity index (χ3n) is 16.4. The monoisotopic (exact) mass is 1180 g/mol. The van der Waals surface area contributed by atoms with Gasteiger partial charge < -0.3 is 70.3 Å². The molecule has 6 rings (SSSR count). The van der Waals surface area contributed by atoms with Crippen LogP contribution in [0.3, 0.4) is 0 Å². The molecular formula is C64H95N3O17. The van der Waals surface area contributed by atoms with Gasteiger partial charge in [-0.25, -0.2) is 0 Å². The van der Waals surface area contributed by atoms with E-state index in [1.165, 1.54) is 64.2 Å². The maximum Gasteiger partial charge on any atom is 0.321 e. The van der Waals surface area contributed by atoms with E-state index in [1.807, 2.05) is 60.7 Å². The van der Waals surface area contributed by atoms with E-state index in [4.69, 9.17) is 23.7 Å². The topological polar surface area (TPSA) is 306 Å². The highest BCUT2D eigenvalue weighted by molar-refractivity contribution is 5.99. The van der Waals surface area contributed by atoms with Gasteiger partial charge in [0.25, 0.3) is 0 Å². The lowest BCUT2D eigenvalue weighted by Gasteiger charge is -2.19. The van der Waals surface area contributed by atoms with E-state index in [9.17, 15) is 59.4 Å². The molecule has 0 aromatic heterocycles. The molecule has 0 bridgehead atoms. The Labute approximate surface area is 495 Å². The minimum Gasteiger partial charge on any atom is -0.494 e. The Morgan fingerprint density at radius 1 is 0.405 bits per heavy atom. The summed E-state index contributed by atoms with van der Waals surface area (Å²) in [6.07, 6.45) is 19.1. The number of unbranched alkanes of at least 4 members (excludes halogenated alkanes) is 11. The van der Waals surface area contributed by atoms with Gasteiger partial charge in [0.05, 0.1) is 34.0 Å². The second-order valence-electron chi connectivity index (χ2n) is 22.6. The maximum absolute atomic E-state index is 11.4. The second-order valence-corrected chi connectivity index (χ2v) is 22.6. The molecule has 3 aromatic carbocycles. The van der Waals surface area contributed by atoms with Crippen LogP contribution >= 0.6 is 0 Å². The molecule has 9 N–H and O–H groups in total. The van der Waals surface area contributed by atoms with Crippen LogP contribution < -0.4 is 39.6 Å². The van der Waals surface area contributed by atoms with Crippen LogP contribution in [-0.4, -0.2) is 119 Å². The minimum atomic E-state index is -1.68. The Balaban J connectivity index is 0.000000271. The van der Waals surface area contributed by atoms with Gasteiger partial charge in [0.2, 0.25) is 0 Å². The average molecular weight is 1180 g/mol. The number of nitrogens with one attached hydrogen (secondary N) is 3. The fraction of sp³-hybridized carbons (Fsp3) is 0.625. The molecule has 3 aromatic rings. The molecule has 468 valence electrons. The number of hydrogen-bond acceptors (Lipinski definition) is 14. The molecule has 0 amide bonds. The number of ether oxygens (including phenoxy) is 5. The van der Waals surface area contributed by atoms with Crippen molar-refractivity contribution in [2.24, 2.45) is 16.2 Å². The van der Waals surface area contributed by atoms with E-state index in [0.717, 1.165) is 54.7 Å². The highest BCUT2D eigenvalue weighted by atomic mass is 16.5. The third kappa shape index (κ3) is 21.2. The van der Waals surface area contributed by atoms with Crippen molar-refractivity contribution in [3.63, 3.8) is 0 Å². The molecule has 3 aliphatic rings. The number of hydrogen-bond donors (Lipinski definition) is 9. The standard InChI is InChI=1S/C23H35NO6.C22H33NO5.C19H27NO6/c1-3-4-5-6-7-8-13-30-19-10-9-17(14-20(19)29-2)16-24-18-11-12-23(15-18,21(25)26)22(27)28;1-2-3-4-5-6-7-14-28-19-10-8-17(9-11-19)16-23-18-12-13-22(15-18,20(24)25)21(26)27;1-3-4-9-26-15-6-5-13(10-16(15)25-2)12-20-14-7-8-19(11-14,17(21)22)18(23)24/h9-10,14,18,24H,3-8,11-13,15-16H2,1-2H3,(H,25,26)(H,27,28);8-11,18,23H,2-7,12-16H2,1H3,(H,24,25)(H,26,27);5-6,10,14,20H,3-4,7-9,11-12H2,1-2H3,(H,21,22)(H,23,24). The Morgan fingerprint density at radius 2 is 0.714 bits per heavy atom. The van der Waals surface area contributed by atoms with E-state index < -0.39 is 52.1 Å². The van der Waals surface area contributed by atoms with E-state index in [2.05, 4.69) is 36.7 Å². The quantitative estimate of drug-likeness (QED) is 0.0191. The van der Waals surface area contributed by atoms with Crippen molar-refractivity contribution < 1.29 is 83.1 Å². The Hall–Kier alpha value is -6.64. The number of carboxylic acid groups (broad SMARTS) is 6. The summed E-state index contributed by atoms with van der Waals surface area (Å²) in [6, 6.07) is 18.9. The lowest BCUT2D eigenvalue weighted by molar-refractivity contribution is -0.166. The van der Waals surface area contributed by atoms with Crippen LogP contribution in [0.4, 0.5) is 0 Å². The minimum absolute atomic E-state index is 0.0903. The third-order valence-corrected chi connectivity index (χ3v) is 16.4. The number of methoxy groups -OCH3 is 2. The molecule has 3 unspecified atom stereocenters. The van der Waals surface area contributed by atoms with E-state index in [1.54, 1.807) is 14.2 Å². The zero-order valence-corrected chi connectivity index (χ0v) is 50.2. The number of carbonyl (C=O) groups is 6. The first kappa shape index (κ1) is 69.9. The maximum atomic E-state index is 11.4. The second kappa shape index (κ2) is 36.3. The summed E-state index contributed by atoms with van der Waals surface area (Å²) < 4.78 is 28.2. The predicted octanol–water partition coefficient (Wildman–Crippen LogP) is 11.1. The predicted molar refractivity (Wildman–Crippen MR) is 317 cm³/mol. The van der Waals surface area contributed by atoms with E-state index in [-0.39, 0.29) is 56.7 Å². The molecule has 20 heteroatoms. The van der Waals surface area contributed by atoms with Crippen LogP contribution in [-0.2, 0) is 48.4 Å². The molecule has 3 atom stereocenters. The van der Waals surface area contributed by atoms with Gasteiger partial charge in [0.1, 0.15) is 5.75 Å². The van der Waals surface area contributed by atoms with Crippen molar-refractivity contribution in [1.82, 2.24) is 16.0 Å². The average Bonchev–Trinajstić information content (AvgIpc) is 4.13. The van der Waals surface area contributed by atoms with Crippen LogP contribution in [0.2, 0.25) is 0 Å². The highest BCUT2D eigenvalue weighted by Crippen LogP contribution is 2.42. The molecule has 0 heterocycles. The largest absolute Gasteiger partial charge is 0.494 e. The lowest BCUT2D eigenvalue weighted by Crippen LogP contribution is -2.39. The molecule has 20 nitrogen and oxygen atoms in total. The summed E-state index contributed by atoms with van der Waals surface area (Å²) in [5.74, 6) is -3.93. The van der Waals surface area contributed by atoms with Crippen LogP contribution in [0.1, 0.15) is 185 Å². The Bertz CT molecular complexity index is 2480. The van der Waals surface area contributed by atoms with Gasteiger partial charge in [0.15, 0.2) is 39.2 Å². The van der Waals surface area contributed by atoms with Gasteiger partial charge in [-0.1, -0.05) is 116 Å². The lowest BCUT2D eigenvalue weighted by atomic mass is 9.86. The molecule has 3 fully saturated rings.